The molecule has 0 spiro atoms. The number of carbonyl (C=O) groups excluding carboxylic acids is 4. The van der Waals surface area contributed by atoms with E-state index >= 15 is 0 Å². The molecule has 3 aromatic carbocycles. The summed E-state index contributed by atoms with van der Waals surface area (Å²) in [4.78, 5) is 51.1. The minimum Gasteiger partial charge on any atom is -0.495 e. The Morgan fingerprint density at radius 1 is 0.925 bits per heavy atom. The summed E-state index contributed by atoms with van der Waals surface area (Å²) < 4.78 is 17.0. The number of rotatable bonds is 10. The van der Waals surface area contributed by atoms with Crippen molar-refractivity contribution in [3.05, 3.63) is 81.6 Å². The molecule has 0 aromatic heterocycles. The highest BCUT2D eigenvalue weighted by atomic mass is 127. The summed E-state index contributed by atoms with van der Waals surface area (Å²) >= 11 is 2.03. The molecule has 1 aliphatic heterocycles. The summed E-state index contributed by atoms with van der Waals surface area (Å²) in [5.74, 6) is -0.443. The molecule has 0 atom stereocenters. The van der Waals surface area contributed by atoms with Crippen LogP contribution in [0.25, 0.3) is 6.08 Å². The van der Waals surface area contributed by atoms with E-state index in [9.17, 15) is 19.2 Å². The number of anilines is 2. The van der Waals surface area contributed by atoms with Crippen LogP contribution in [0, 0.1) is 3.57 Å². The SMILES string of the molecule is COc1ccccc1NC(=O)CN1C(=O)N/C(=C/c2cc(I)c(OCC(=O)Nc3ccccc3)c(OC)c2)C1=O. The molecule has 11 nitrogen and oxygen atoms in total. The van der Waals surface area contributed by atoms with Crippen LogP contribution < -0.4 is 30.2 Å². The van der Waals surface area contributed by atoms with Gasteiger partial charge in [-0.05, 0) is 70.6 Å². The Kier molecular flexibility index (Phi) is 9.22. The Morgan fingerprint density at radius 2 is 1.62 bits per heavy atom. The van der Waals surface area contributed by atoms with Crippen molar-refractivity contribution >= 4 is 63.8 Å². The zero-order valence-electron chi connectivity index (χ0n) is 21.5. The molecule has 0 unspecified atom stereocenters. The molecule has 206 valence electrons. The van der Waals surface area contributed by atoms with Crippen molar-refractivity contribution in [1.29, 1.82) is 0 Å². The highest BCUT2D eigenvalue weighted by Crippen LogP contribution is 2.35. The molecule has 1 aliphatic rings. The van der Waals surface area contributed by atoms with Gasteiger partial charge in [-0.15, -0.1) is 0 Å². The minimum atomic E-state index is -0.725. The van der Waals surface area contributed by atoms with Crippen LogP contribution >= 0.6 is 22.6 Å². The lowest BCUT2D eigenvalue weighted by molar-refractivity contribution is -0.127. The van der Waals surface area contributed by atoms with Crippen LogP contribution in [0.15, 0.2) is 72.4 Å². The molecule has 0 aliphatic carbocycles. The van der Waals surface area contributed by atoms with E-state index in [1.807, 2.05) is 40.8 Å². The number of methoxy groups -OCH3 is 2. The largest absolute Gasteiger partial charge is 0.495 e. The summed E-state index contributed by atoms with van der Waals surface area (Å²) in [5, 5.41) is 7.87. The van der Waals surface area contributed by atoms with Gasteiger partial charge in [0.1, 0.15) is 18.0 Å². The standard InChI is InChI=1S/C28H25IN4O7/c1-38-22-11-7-6-10-20(22)31-24(34)15-33-27(36)21(32-28(33)37)13-17-12-19(29)26(23(14-17)39-2)40-16-25(35)30-18-8-4-3-5-9-18/h3-14H,15-16H2,1-2H3,(H,30,35)(H,31,34)(H,32,37)/b21-13+. The van der Waals surface area contributed by atoms with Crippen molar-refractivity contribution in [3.63, 3.8) is 0 Å². The molecule has 12 heteroatoms. The molecule has 5 amide bonds. The van der Waals surface area contributed by atoms with E-state index in [2.05, 4.69) is 16.0 Å². The van der Waals surface area contributed by atoms with E-state index in [0.717, 1.165) is 4.90 Å². The third kappa shape index (κ3) is 6.88. The van der Waals surface area contributed by atoms with Gasteiger partial charge in [0.2, 0.25) is 5.91 Å². The molecule has 1 heterocycles. The van der Waals surface area contributed by atoms with Gasteiger partial charge in [-0.3, -0.25) is 14.4 Å². The summed E-state index contributed by atoms with van der Waals surface area (Å²) in [6.45, 7) is -0.735. The van der Waals surface area contributed by atoms with E-state index < -0.39 is 24.4 Å². The number of halogens is 1. The van der Waals surface area contributed by atoms with Crippen LogP contribution in [0.4, 0.5) is 16.2 Å². The van der Waals surface area contributed by atoms with Crippen molar-refractivity contribution in [1.82, 2.24) is 10.2 Å². The quantitative estimate of drug-likeness (QED) is 0.172. The molecule has 3 N–H and O–H groups in total. The fraction of sp³-hybridized carbons (Fsp3) is 0.143. The third-order valence-electron chi connectivity index (χ3n) is 5.61. The Balaban J connectivity index is 1.43. The Morgan fingerprint density at radius 3 is 2.35 bits per heavy atom. The number of nitrogens with zero attached hydrogens (tertiary/aromatic N) is 1. The van der Waals surface area contributed by atoms with Gasteiger partial charge in [-0.25, -0.2) is 9.69 Å². The van der Waals surface area contributed by atoms with Gasteiger partial charge in [-0.1, -0.05) is 30.3 Å². The second-order valence-corrected chi connectivity index (χ2v) is 9.53. The van der Waals surface area contributed by atoms with Gasteiger partial charge in [-0.2, -0.15) is 0 Å². The summed E-state index contributed by atoms with van der Waals surface area (Å²) in [7, 11) is 2.92. The van der Waals surface area contributed by atoms with Crippen molar-refractivity contribution in [2.45, 2.75) is 0 Å². The molecule has 1 saturated heterocycles. The number of hydrogen-bond acceptors (Lipinski definition) is 7. The van der Waals surface area contributed by atoms with Crippen LogP contribution in [-0.2, 0) is 14.4 Å². The Labute approximate surface area is 243 Å². The topological polar surface area (TPSA) is 135 Å². The van der Waals surface area contributed by atoms with E-state index in [1.54, 1.807) is 48.5 Å². The molecular weight excluding hydrogens is 631 g/mol. The van der Waals surface area contributed by atoms with E-state index in [0.29, 0.717) is 37.8 Å². The number of urea groups is 1. The molecule has 3 aromatic rings. The predicted octanol–water partition coefficient (Wildman–Crippen LogP) is 3.86. The van der Waals surface area contributed by atoms with Gasteiger partial charge in [0.05, 0.1) is 23.5 Å². The third-order valence-corrected chi connectivity index (χ3v) is 6.41. The average Bonchev–Trinajstić information content (AvgIpc) is 3.20. The van der Waals surface area contributed by atoms with Gasteiger partial charge in [0.25, 0.3) is 11.8 Å². The first-order valence-electron chi connectivity index (χ1n) is 11.9. The number of imide groups is 1. The molecule has 0 saturated carbocycles. The van der Waals surface area contributed by atoms with Crippen molar-refractivity contribution < 1.29 is 33.4 Å². The van der Waals surface area contributed by atoms with Crippen LogP contribution in [0.1, 0.15) is 5.56 Å². The van der Waals surface area contributed by atoms with Crippen LogP contribution in [0.3, 0.4) is 0 Å². The maximum atomic E-state index is 12.9. The van der Waals surface area contributed by atoms with E-state index in [-0.39, 0.29) is 18.2 Å². The Hall–Kier alpha value is -4.59. The number of benzene rings is 3. The van der Waals surface area contributed by atoms with Gasteiger partial charge in [0.15, 0.2) is 18.1 Å². The highest BCUT2D eigenvalue weighted by Gasteiger charge is 2.35. The molecule has 1 fully saturated rings. The van der Waals surface area contributed by atoms with Crippen molar-refractivity contribution in [2.24, 2.45) is 0 Å². The summed E-state index contributed by atoms with van der Waals surface area (Å²) in [5.41, 5.74) is 1.59. The number of para-hydroxylation sites is 3. The first-order valence-corrected chi connectivity index (χ1v) is 13.0. The average molecular weight is 656 g/mol. The number of carbonyl (C=O) groups is 4. The van der Waals surface area contributed by atoms with Gasteiger partial charge >= 0.3 is 6.03 Å². The fourth-order valence-corrected chi connectivity index (χ4v) is 4.56. The molecular formula is C28H25IN4O7. The van der Waals surface area contributed by atoms with Crippen LogP contribution in [-0.4, -0.2) is 56.0 Å². The monoisotopic (exact) mass is 656 g/mol. The lowest BCUT2D eigenvalue weighted by Gasteiger charge is -2.14. The predicted molar refractivity (Wildman–Crippen MR) is 156 cm³/mol. The van der Waals surface area contributed by atoms with E-state index in [1.165, 1.54) is 20.3 Å². The molecule has 4 rings (SSSR count). The molecule has 40 heavy (non-hydrogen) atoms. The highest BCUT2D eigenvalue weighted by molar-refractivity contribution is 14.1. The van der Waals surface area contributed by atoms with Crippen molar-refractivity contribution in [2.75, 3.05) is 38.0 Å². The normalized spacial score (nSPS) is 13.6. The fourth-order valence-electron chi connectivity index (χ4n) is 3.78. The maximum absolute atomic E-state index is 12.9. The summed E-state index contributed by atoms with van der Waals surface area (Å²) in [6, 6.07) is 18.4. The van der Waals surface area contributed by atoms with Gasteiger partial charge < -0.3 is 30.2 Å². The maximum Gasteiger partial charge on any atom is 0.329 e. The van der Waals surface area contributed by atoms with Crippen molar-refractivity contribution in [3.8, 4) is 17.2 Å². The number of ether oxygens (including phenoxy) is 3. The van der Waals surface area contributed by atoms with E-state index in [4.69, 9.17) is 14.2 Å². The number of nitrogens with one attached hydrogen (secondary N) is 3. The zero-order valence-corrected chi connectivity index (χ0v) is 23.7. The lowest BCUT2D eigenvalue weighted by Crippen LogP contribution is -2.38. The number of hydrogen-bond donors (Lipinski definition) is 3. The molecule has 0 radical (unpaired) electrons. The Bertz CT molecular complexity index is 1480. The smallest absolute Gasteiger partial charge is 0.329 e. The summed E-state index contributed by atoms with van der Waals surface area (Å²) in [6.07, 6.45) is 1.47. The second kappa shape index (κ2) is 13.0. The molecule has 0 bridgehead atoms. The van der Waals surface area contributed by atoms with Gasteiger partial charge in [0, 0.05) is 5.69 Å². The minimum absolute atomic E-state index is 0.0103. The number of amides is 5. The van der Waals surface area contributed by atoms with Crippen LogP contribution in [0.2, 0.25) is 0 Å². The second-order valence-electron chi connectivity index (χ2n) is 8.36. The zero-order chi connectivity index (χ0) is 28.6. The lowest BCUT2D eigenvalue weighted by atomic mass is 10.1. The first-order chi connectivity index (χ1) is 19.3. The first kappa shape index (κ1) is 28.4. The van der Waals surface area contributed by atoms with Crippen LogP contribution in [0.5, 0.6) is 17.2 Å².